The van der Waals surface area contributed by atoms with Crippen LogP contribution in [0.2, 0.25) is 0 Å². The molecule has 0 saturated heterocycles. The topological polar surface area (TPSA) is 47.3 Å². The first-order chi connectivity index (χ1) is 8.35. The van der Waals surface area contributed by atoms with Gasteiger partial charge in [0.25, 0.3) is 0 Å². The maximum absolute atomic E-state index is 13.4. The molecule has 0 aliphatic carbocycles. The van der Waals surface area contributed by atoms with Gasteiger partial charge in [0.15, 0.2) is 11.6 Å². The predicted molar refractivity (Wildman–Crippen MR) is 53.3 cm³/mol. The molecular formula is C10H11F5N2O. The Kier molecular flexibility index (Phi) is 5.00. The second-order valence-electron chi connectivity index (χ2n) is 3.49. The monoisotopic (exact) mass is 270 g/mol. The second-order valence-corrected chi connectivity index (χ2v) is 3.49. The van der Waals surface area contributed by atoms with E-state index in [2.05, 4.69) is 10.2 Å². The molecule has 3 nitrogen and oxygen atoms in total. The number of benzene rings is 1. The SMILES string of the molecule is NNC(COCC(F)(F)F)c1cccc(F)c1F. The van der Waals surface area contributed by atoms with Gasteiger partial charge in [0.1, 0.15) is 6.61 Å². The first-order valence-corrected chi connectivity index (χ1v) is 4.89. The summed E-state index contributed by atoms with van der Waals surface area (Å²) in [5, 5.41) is 0. The fourth-order valence-corrected chi connectivity index (χ4v) is 1.31. The third-order valence-electron chi connectivity index (χ3n) is 2.11. The predicted octanol–water partition coefficient (Wildman–Crippen LogP) is 2.05. The summed E-state index contributed by atoms with van der Waals surface area (Å²) in [7, 11) is 0. The molecule has 1 aromatic carbocycles. The van der Waals surface area contributed by atoms with Gasteiger partial charge in [-0.05, 0) is 6.07 Å². The van der Waals surface area contributed by atoms with E-state index in [1.54, 1.807) is 0 Å². The summed E-state index contributed by atoms with van der Waals surface area (Å²) in [5.41, 5.74) is 1.88. The number of hydrazine groups is 1. The Morgan fingerprint density at radius 2 is 1.94 bits per heavy atom. The van der Waals surface area contributed by atoms with Crippen molar-refractivity contribution in [1.82, 2.24) is 5.43 Å². The van der Waals surface area contributed by atoms with E-state index in [0.717, 1.165) is 6.07 Å². The van der Waals surface area contributed by atoms with Gasteiger partial charge in [-0.1, -0.05) is 12.1 Å². The molecule has 18 heavy (non-hydrogen) atoms. The van der Waals surface area contributed by atoms with E-state index in [1.165, 1.54) is 12.1 Å². The molecule has 0 radical (unpaired) electrons. The van der Waals surface area contributed by atoms with Gasteiger partial charge < -0.3 is 4.74 Å². The van der Waals surface area contributed by atoms with E-state index in [1.807, 2.05) is 0 Å². The van der Waals surface area contributed by atoms with Gasteiger partial charge in [-0.3, -0.25) is 11.3 Å². The van der Waals surface area contributed by atoms with Crippen molar-refractivity contribution in [2.75, 3.05) is 13.2 Å². The summed E-state index contributed by atoms with van der Waals surface area (Å²) < 4.78 is 66.2. The van der Waals surface area contributed by atoms with Crippen LogP contribution in [0.4, 0.5) is 22.0 Å². The lowest BCUT2D eigenvalue weighted by Gasteiger charge is -2.18. The number of halogens is 5. The van der Waals surface area contributed by atoms with E-state index >= 15 is 0 Å². The largest absolute Gasteiger partial charge is 0.411 e. The second kappa shape index (κ2) is 6.07. The van der Waals surface area contributed by atoms with Crippen molar-refractivity contribution >= 4 is 0 Å². The van der Waals surface area contributed by atoms with Crippen molar-refractivity contribution in [1.29, 1.82) is 0 Å². The molecule has 0 spiro atoms. The Balaban J connectivity index is 2.69. The molecule has 0 aliphatic heterocycles. The maximum atomic E-state index is 13.4. The van der Waals surface area contributed by atoms with Crippen LogP contribution < -0.4 is 11.3 Å². The molecule has 0 amide bonds. The third kappa shape index (κ3) is 4.21. The van der Waals surface area contributed by atoms with Crippen LogP contribution >= 0.6 is 0 Å². The van der Waals surface area contributed by atoms with Gasteiger partial charge in [0.05, 0.1) is 12.6 Å². The standard InChI is InChI=1S/C10H11F5N2O/c11-7-3-1-2-6(9(7)12)8(17-16)4-18-5-10(13,14)15/h1-3,8,17H,4-5,16H2. The summed E-state index contributed by atoms with van der Waals surface area (Å²) in [5.74, 6) is 2.80. The zero-order valence-corrected chi connectivity index (χ0v) is 9.10. The number of nitrogens with two attached hydrogens (primary N) is 1. The first kappa shape index (κ1) is 14.8. The minimum absolute atomic E-state index is 0.195. The van der Waals surface area contributed by atoms with Crippen LogP contribution in [0.5, 0.6) is 0 Å². The summed E-state index contributed by atoms with van der Waals surface area (Å²) in [6, 6.07) is 2.26. The Morgan fingerprint density at radius 1 is 1.28 bits per heavy atom. The molecule has 0 heterocycles. The summed E-state index contributed by atoms with van der Waals surface area (Å²) >= 11 is 0. The molecule has 0 bridgehead atoms. The highest BCUT2D eigenvalue weighted by molar-refractivity contribution is 5.22. The van der Waals surface area contributed by atoms with Gasteiger partial charge >= 0.3 is 6.18 Å². The van der Waals surface area contributed by atoms with Gasteiger partial charge in [-0.2, -0.15) is 13.2 Å². The van der Waals surface area contributed by atoms with Crippen molar-refractivity contribution in [3.8, 4) is 0 Å². The van der Waals surface area contributed by atoms with Crippen LogP contribution in [0, 0.1) is 11.6 Å². The minimum Gasteiger partial charge on any atom is -0.370 e. The lowest BCUT2D eigenvalue weighted by atomic mass is 10.1. The fourth-order valence-electron chi connectivity index (χ4n) is 1.31. The number of hydrogen-bond acceptors (Lipinski definition) is 3. The van der Waals surface area contributed by atoms with Crippen LogP contribution in [0.1, 0.15) is 11.6 Å². The molecule has 102 valence electrons. The van der Waals surface area contributed by atoms with Crippen molar-refractivity contribution in [2.45, 2.75) is 12.2 Å². The van der Waals surface area contributed by atoms with Gasteiger partial charge in [-0.15, -0.1) is 0 Å². The van der Waals surface area contributed by atoms with Gasteiger partial charge in [-0.25, -0.2) is 8.78 Å². The van der Waals surface area contributed by atoms with Gasteiger partial charge in [0, 0.05) is 5.56 Å². The van der Waals surface area contributed by atoms with E-state index < -0.39 is 37.1 Å². The summed E-state index contributed by atoms with van der Waals surface area (Å²) in [6.07, 6.45) is -4.49. The quantitative estimate of drug-likeness (QED) is 0.489. The van der Waals surface area contributed by atoms with E-state index in [0.29, 0.717) is 0 Å². The Hall–Kier alpha value is -1.25. The van der Waals surface area contributed by atoms with Crippen molar-refractivity contribution in [2.24, 2.45) is 5.84 Å². The van der Waals surface area contributed by atoms with Crippen molar-refractivity contribution in [3.63, 3.8) is 0 Å². The first-order valence-electron chi connectivity index (χ1n) is 4.89. The zero-order chi connectivity index (χ0) is 13.8. The molecule has 1 atom stereocenters. The average molecular weight is 270 g/mol. The van der Waals surface area contributed by atoms with E-state index in [-0.39, 0.29) is 5.56 Å². The summed E-state index contributed by atoms with van der Waals surface area (Å²) in [6.45, 7) is -2.02. The van der Waals surface area contributed by atoms with E-state index in [4.69, 9.17) is 5.84 Å². The lowest BCUT2D eigenvalue weighted by molar-refractivity contribution is -0.175. The van der Waals surface area contributed by atoms with E-state index in [9.17, 15) is 22.0 Å². The average Bonchev–Trinajstić information content (AvgIpc) is 2.27. The molecule has 0 aromatic heterocycles. The highest BCUT2D eigenvalue weighted by atomic mass is 19.4. The minimum atomic E-state index is -4.49. The summed E-state index contributed by atoms with van der Waals surface area (Å²) in [4.78, 5) is 0. The molecule has 0 aliphatic rings. The Morgan fingerprint density at radius 3 is 2.50 bits per heavy atom. The van der Waals surface area contributed by atoms with Crippen LogP contribution in [0.25, 0.3) is 0 Å². The normalized spacial score (nSPS) is 13.7. The molecule has 1 unspecified atom stereocenters. The van der Waals surface area contributed by atoms with Crippen molar-refractivity contribution < 1.29 is 26.7 Å². The highest BCUT2D eigenvalue weighted by Gasteiger charge is 2.28. The van der Waals surface area contributed by atoms with Gasteiger partial charge in [0.2, 0.25) is 0 Å². The van der Waals surface area contributed by atoms with Crippen LogP contribution in [0.15, 0.2) is 18.2 Å². The third-order valence-corrected chi connectivity index (χ3v) is 2.11. The Labute approximate surface area is 99.7 Å². The zero-order valence-electron chi connectivity index (χ0n) is 9.10. The molecule has 0 fully saturated rings. The smallest absolute Gasteiger partial charge is 0.370 e. The molecule has 3 N–H and O–H groups in total. The number of hydrogen-bond donors (Lipinski definition) is 2. The maximum Gasteiger partial charge on any atom is 0.411 e. The molecular weight excluding hydrogens is 259 g/mol. The fraction of sp³-hybridized carbons (Fsp3) is 0.400. The molecule has 1 rings (SSSR count). The van der Waals surface area contributed by atoms with Crippen LogP contribution in [0.3, 0.4) is 0 Å². The molecule has 1 aromatic rings. The van der Waals surface area contributed by atoms with Crippen molar-refractivity contribution in [3.05, 3.63) is 35.4 Å². The molecule has 0 saturated carbocycles. The molecule has 8 heteroatoms. The van der Waals surface area contributed by atoms with Crippen LogP contribution in [-0.2, 0) is 4.74 Å². The number of nitrogens with one attached hydrogen (secondary N) is 1. The lowest BCUT2D eigenvalue weighted by Crippen LogP contribution is -2.33. The highest BCUT2D eigenvalue weighted by Crippen LogP contribution is 2.20. The number of alkyl halides is 3. The number of rotatable bonds is 5. The van der Waals surface area contributed by atoms with Crippen LogP contribution in [-0.4, -0.2) is 19.4 Å². The number of ether oxygens (including phenoxy) is 1. The Bertz CT molecular complexity index is 396.